The number of hydrogen-bond acceptors (Lipinski definition) is 6. The molecule has 9 heteroatoms. The number of carbonyl (C=O) groups excluding carboxylic acids is 1. The van der Waals surface area contributed by atoms with E-state index < -0.39 is 5.82 Å². The Morgan fingerprint density at radius 2 is 2.17 bits per heavy atom. The van der Waals surface area contributed by atoms with E-state index in [-0.39, 0.29) is 28.8 Å². The number of ether oxygens (including phenoxy) is 1. The molecule has 2 aromatic carbocycles. The van der Waals surface area contributed by atoms with Gasteiger partial charge in [0.05, 0.1) is 22.3 Å². The summed E-state index contributed by atoms with van der Waals surface area (Å²) >= 11 is 5.84. The smallest absolute Gasteiger partial charge is 0.234 e. The third-order valence-electron chi connectivity index (χ3n) is 4.95. The van der Waals surface area contributed by atoms with Crippen molar-refractivity contribution in [2.24, 2.45) is 5.73 Å². The minimum atomic E-state index is -0.546. The van der Waals surface area contributed by atoms with Crippen LogP contribution in [0.15, 0.2) is 42.7 Å². The Bertz CT molecular complexity index is 1080. The Morgan fingerprint density at radius 1 is 1.34 bits per heavy atom. The topological polar surface area (TPSA) is 93.4 Å². The summed E-state index contributed by atoms with van der Waals surface area (Å²) in [5.74, 6) is 0.181. The van der Waals surface area contributed by atoms with Crippen molar-refractivity contribution in [2.75, 3.05) is 18.9 Å². The van der Waals surface area contributed by atoms with Crippen LogP contribution in [0.4, 0.5) is 15.9 Å². The number of likely N-dealkylation sites (tertiary alicyclic amines) is 1. The zero-order valence-corrected chi connectivity index (χ0v) is 16.4. The molecule has 0 aliphatic carbocycles. The number of rotatable bonds is 5. The lowest BCUT2D eigenvalue weighted by Gasteiger charge is -2.15. The van der Waals surface area contributed by atoms with Gasteiger partial charge in [0.15, 0.2) is 5.82 Å². The van der Waals surface area contributed by atoms with Crippen molar-refractivity contribution in [3.8, 4) is 5.75 Å². The van der Waals surface area contributed by atoms with Crippen LogP contribution in [-0.2, 0) is 4.79 Å². The molecule has 0 bridgehead atoms. The van der Waals surface area contributed by atoms with Crippen molar-refractivity contribution in [1.29, 1.82) is 0 Å². The lowest BCUT2D eigenvalue weighted by Crippen LogP contribution is -2.37. The minimum absolute atomic E-state index is 0.0276. The minimum Gasteiger partial charge on any atom is -0.489 e. The summed E-state index contributed by atoms with van der Waals surface area (Å²) in [5, 5.41) is 3.70. The van der Waals surface area contributed by atoms with Crippen LogP contribution in [0.2, 0.25) is 5.02 Å². The van der Waals surface area contributed by atoms with Crippen molar-refractivity contribution in [3.05, 3.63) is 53.6 Å². The summed E-state index contributed by atoms with van der Waals surface area (Å²) < 4.78 is 20.2. The summed E-state index contributed by atoms with van der Waals surface area (Å²) in [6, 6.07) is 9.77. The van der Waals surface area contributed by atoms with E-state index in [2.05, 4.69) is 15.3 Å². The molecule has 3 aromatic rings. The van der Waals surface area contributed by atoms with E-state index in [1.54, 1.807) is 30.3 Å². The number of hydrogen-bond donors (Lipinski definition) is 2. The first kappa shape index (κ1) is 19.4. The zero-order chi connectivity index (χ0) is 20.5. The van der Waals surface area contributed by atoms with Crippen LogP contribution in [0.5, 0.6) is 5.75 Å². The number of halogens is 2. The van der Waals surface area contributed by atoms with Gasteiger partial charge in [-0.15, -0.1) is 0 Å². The number of nitrogens with two attached hydrogens (primary N) is 1. The predicted octanol–water partition coefficient (Wildman–Crippen LogP) is 3.10. The molecular formula is C20H19ClFN5O2. The number of carbonyl (C=O) groups is 1. The molecule has 2 atom stereocenters. The Kier molecular flexibility index (Phi) is 5.21. The van der Waals surface area contributed by atoms with E-state index in [4.69, 9.17) is 22.1 Å². The number of benzene rings is 2. The molecule has 0 saturated carbocycles. The monoisotopic (exact) mass is 415 g/mol. The fourth-order valence-electron chi connectivity index (χ4n) is 3.50. The van der Waals surface area contributed by atoms with Crippen molar-refractivity contribution < 1.29 is 13.9 Å². The number of nitrogens with zero attached hydrogens (tertiary/aromatic N) is 3. The first-order chi connectivity index (χ1) is 13.9. The Morgan fingerprint density at radius 3 is 2.93 bits per heavy atom. The maximum Gasteiger partial charge on any atom is 0.234 e. The normalized spacial score (nSPS) is 19.4. The van der Waals surface area contributed by atoms with Gasteiger partial charge in [-0.1, -0.05) is 17.7 Å². The highest BCUT2D eigenvalue weighted by Gasteiger charge is 2.34. The Labute approximate surface area is 171 Å². The first-order valence-electron chi connectivity index (χ1n) is 9.04. The molecule has 7 nitrogen and oxygen atoms in total. The van der Waals surface area contributed by atoms with Crippen LogP contribution in [0, 0.1) is 5.82 Å². The van der Waals surface area contributed by atoms with E-state index in [9.17, 15) is 9.18 Å². The van der Waals surface area contributed by atoms with Gasteiger partial charge in [-0.25, -0.2) is 14.4 Å². The number of likely N-dealkylation sites (N-methyl/N-ethyl adjacent to an activating group) is 1. The fraction of sp³-hybridized carbons (Fsp3) is 0.250. The van der Waals surface area contributed by atoms with E-state index in [1.807, 2.05) is 11.9 Å². The van der Waals surface area contributed by atoms with E-state index in [0.717, 1.165) is 0 Å². The molecule has 0 radical (unpaired) electrons. The summed E-state index contributed by atoms with van der Waals surface area (Å²) in [7, 11) is 1.85. The van der Waals surface area contributed by atoms with Crippen molar-refractivity contribution in [2.45, 2.75) is 18.6 Å². The van der Waals surface area contributed by atoms with Gasteiger partial charge in [-0.05, 0) is 31.3 Å². The standard InChI is InChI=1S/C20H19ClFN5O2/c1-27-9-12(8-17(27)19(23)28)29-11-5-6-13-16(7-11)24-10-25-20(13)26-15-4-2-3-14(21)18(15)22/h2-7,10,12,17H,8-9H2,1H3,(H2,23,28)(H,24,25,26)/t12?,17-/m0/s1. The summed E-state index contributed by atoms with van der Waals surface area (Å²) in [6.45, 7) is 0.607. The van der Waals surface area contributed by atoms with Crippen LogP contribution in [0.1, 0.15) is 6.42 Å². The highest BCUT2D eigenvalue weighted by molar-refractivity contribution is 6.31. The van der Waals surface area contributed by atoms with Crippen LogP contribution in [-0.4, -0.2) is 46.5 Å². The van der Waals surface area contributed by atoms with Crippen molar-refractivity contribution in [1.82, 2.24) is 14.9 Å². The number of fused-ring (bicyclic) bond motifs is 1. The van der Waals surface area contributed by atoms with Gasteiger partial charge in [0.2, 0.25) is 5.91 Å². The fourth-order valence-corrected chi connectivity index (χ4v) is 3.68. The third kappa shape index (κ3) is 3.94. The molecule has 1 aromatic heterocycles. The molecule has 3 N–H and O–H groups in total. The molecule has 1 aliphatic rings. The maximum atomic E-state index is 14.2. The summed E-state index contributed by atoms with van der Waals surface area (Å²) in [4.78, 5) is 21.9. The van der Waals surface area contributed by atoms with Crippen molar-refractivity contribution in [3.63, 3.8) is 0 Å². The molecule has 0 spiro atoms. The second-order valence-electron chi connectivity index (χ2n) is 6.96. The molecule has 4 rings (SSSR count). The molecular weight excluding hydrogens is 397 g/mol. The second kappa shape index (κ2) is 7.81. The average molecular weight is 416 g/mol. The maximum absolute atomic E-state index is 14.2. The number of amides is 1. The molecule has 1 saturated heterocycles. The molecule has 1 aliphatic heterocycles. The highest BCUT2D eigenvalue weighted by Crippen LogP contribution is 2.30. The number of primary amides is 1. The lowest BCUT2D eigenvalue weighted by molar-refractivity contribution is -0.121. The molecule has 1 amide bonds. The zero-order valence-electron chi connectivity index (χ0n) is 15.6. The van der Waals surface area contributed by atoms with Gasteiger partial charge in [0.1, 0.15) is 24.0 Å². The van der Waals surface area contributed by atoms with Gasteiger partial charge in [-0.2, -0.15) is 0 Å². The lowest BCUT2D eigenvalue weighted by atomic mass is 10.2. The SMILES string of the molecule is CN1CC(Oc2ccc3c(Nc4cccc(Cl)c4F)ncnc3c2)C[C@H]1C(N)=O. The van der Waals surface area contributed by atoms with Crippen molar-refractivity contribution >= 4 is 39.9 Å². The molecule has 1 unspecified atom stereocenters. The molecule has 2 heterocycles. The predicted molar refractivity (Wildman–Crippen MR) is 109 cm³/mol. The Hall–Kier alpha value is -2.97. The third-order valence-corrected chi connectivity index (χ3v) is 5.25. The second-order valence-corrected chi connectivity index (χ2v) is 7.37. The Balaban J connectivity index is 1.56. The number of aromatic nitrogens is 2. The van der Waals surface area contributed by atoms with Gasteiger partial charge in [0.25, 0.3) is 0 Å². The van der Waals surface area contributed by atoms with Gasteiger partial charge in [-0.3, -0.25) is 9.69 Å². The van der Waals surface area contributed by atoms with Crippen LogP contribution >= 0.6 is 11.6 Å². The summed E-state index contributed by atoms with van der Waals surface area (Å²) in [5.41, 5.74) is 6.29. The van der Waals surface area contributed by atoms with Gasteiger partial charge >= 0.3 is 0 Å². The van der Waals surface area contributed by atoms with Gasteiger partial charge in [0, 0.05) is 24.4 Å². The van der Waals surface area contributed by atoms with Crippen LogP contribution in [0.3, 0.4) is 0 Å². The first-order valence-corrected chi connectivity index (χ1v) is 9.42. The van der Waals surface area contributed by atoms with E-state index >= 15 is 0 Å². The quantitative estimate of drug-likeness (QED) is 0.665. The van der Waals surface area contributed by atoms with E-state index in [0.29, 0.717) is 35.4 Å². The molecule has 1 fully saturated rings. The number of anilines is 2. The van der Waals surface area contributed by atoms with Crippen LogP contribution in [0.25, 0.3) is 10.9 Å². The molecule has 29 heavy (non-hydrogen) atoms. The van der Waals surface area contributed by atoms with E-state index in [1.165, 1.54) is 12.4 Å². The van der Waals surface area contributed by atoms with Gasteiger partial charge < -0.3 is 15.8 Å². The molecule has 150 valence electrons. The highest BCUT2D eigenvalue weighted by atomic mass is 35.5. The average Bonchev–Trinajstić information content (AvgIpc) is 3.06. The number of nitrogens with one attached hydrogen (secondary N) is 1. The van der Waals surface area contributed by atoms with Crippen LogP contribution < -0.4 is 15.8 Å². The summed E-state index contributed by atoms with van der Waals surface area (Å²) in [6.07, 6.45) is 1.78. The largest absolute Gasteiger partial charge is 0.489 e.